The van der Waals surface area contributed by atoms with Crippen LogP contribution in [0.15, 0.2) is 78.9 Å². The molecule has 0 heterocycles. The molecule has 0 saturated carbocycles. The lowest BCUT2D eigenvalue weighted by atomic mass is 9.90. The number of phenolic OH excluding ortho intramolecular Hbond substituents is 1. The molecule has 1 heteroatoms. The maximum absolute atomic E-state index is 10.1. The molecule has 104 valence electrons. The van der Waals surface area contributed by atoms with Gasteiger partial charge in [0.05, 0.1) is 0 Å². The lowest BCUT2D eigenvalue weighted by Crippen LogP contribution is -1.96. The molecule has 21 heavy (non-hydrogen) atoms. The predicted molar refractivity (Wildman–Crippen MR) is 87.5 cm³/mol. The van der Waals surface area contributed by atoms with E-state index in [0.717, 1.165) is 11.1 Å². The second kappa shape index (κ2) is 5.84. The van der Waals surface area contributed by atoms with E-state index in [9.17, 15) is 5.11 Å². The minimum absolute atomic E-state index is 0.300. The predicted octanol–water partition coefficient (Wildman–Crippen LogP) is 5.21. The maximum Gasteiger partial charge on any atom is 0.123 e. The van der Waals surface area contributed by atoms with Gasteiger partial charge in [-0.2, -0.15) is 0 Å². The van der Waals surface area contributed by atoms with Crippen molar-refractivity contribution in [3.05, 3.63) is 90.0 Å². The quantitative estimate of drug-likeness (QED) is 0.695. The largest absolute Gasteiger partial charge is 0.507 e. The summed E-state index contributed by atoms with van der Waals surface area (Å²) in [5.41, 5.74) is 4.41. The fourth-order valence-corrected chi connectivity index (χ4v) is 2.61. The van der Waals surface area contributed by atoms with Gasteiger partial charge >= 0.3 is 0 Å². The smallest absolute Gasteiger partial charge is 0.123 e. The summed E-state index contributed by atoms with van der Waals surface area (Å²) < 4.78 is 0. The van der Waals surface area contributed by atoms with Crippen molar-refractivity contribution in [2.75, 3.05) is 0 Å². The minimum atomic E-state index is 0.300. The topological polar surface area (TPSA) is 20.2 Å². The zero-order valence-corrected chi connectivity index (χ0v) is 12.0. The summed E-state index contributed by atoms with van der Waals surface area (Å²) in [6, 6.07) is 26.3. The number of hydrogen-bond acceptors (Lipinski definition) is 1. The van der Waals surface area contributed by atoms with Gasteiger partial charge in [-0.1, -0.05) is 73.7 Å². The number of aromatic hydroxyl groups is 1. The van der Waals surface area contributed by atoms with Crippen LogP contribution in [0.25, 0.3) is 11.1 Å². The fraction of sp³-hybridized carbons (Fsp3) is 0.100. The first-order valence-electron chi connectivity index (χ1n) is 7.19. The molecule has 0 aromatic heterocycles. The van der Waals surface area contributed by atoms with Crippen molar-refractivity contribution in [2.45, 2.75) is 12.8 Å². The Morgan fingerprint density at radius 3 is 2.00 bits per heavy atom. The van der Waals surface area contributed by atoms with E-state index in [1.54, 1.807) is 6.07 Å². The Bertz CT molecular complexity index is 717. The third-order valence-corrected chi connectivity index (χ3v) is 3.90. The van der Waals surface area contributed by atoms with E-state index < -0.39 is 0 Å². The Balaban J connectivity index is 2.02. The molecule has 0 radical (unpaired) electrons. The van der Waals surface area contributed by atoms with Crippen LogP contribution in [0.5, 0.6) is 5.75 Å². The Morgan fingerprint density at radius 2 is 1.33 bits per heavy atom. The van der Waals surface area contributed by atoms with Crippen LogP contribution < -0.4 is 0 Å². The van der Waals surface area contributed by atoms with Gasteiger partial charge in [0.1, 0.15) is 5.75 Å². The van der Waals surface area contributed by atoms with Gasteiger partial charge in [0.2, 0.25) is 0 Å². The zero-order valence-electron chi connectivity index (χ0n) is 12.0. The first kappa shape index (κ1) is 13.4. The monoisotopic (exact) mass is 274 g/mol. The molecule has 0 saturated heterocycles. The zero-order chi connectivity index (χ0) is 14.7. The molecule has 0 aliphatic carbocycles. The van der Waals surface area contributed by atoms with Gasteiger partial charge in [-0.25, -0.2) is 0 Å². The molecule has 3 aromatic carbocycles. The molecule has 3 rings (SSSR count). The van der Waals surface area contributed by atoms with Crippen molar-refractivity contribution >= 4 is 0 Å². The number of rotatable bonds is 3. The van der Waals surface area contributed by atoms with Crippen molar-refractivity contribution in [2.24, 2.45) is 0 Å². The summed E-state index contributed by atoms with van der Waals surface area (Å²) in [5, 5.41) is 10.1. The van der Waals surface area contributed by atoms with Crippen molar-refractivity contribution in [1.82, 2.24) is 0 Å². The van der Waals surface area contributed by atoms with Crippen molar-refractivity contribution in [3.63, 3.8) is 0 Å². The first-order chi connectivity index (χ1) is 10.3. The van der Waals surface area contributed by atoms with Crippen molar-refractivity contribution < 1.29 is 5.11 Å². The van der Waals surface area contributed by atoms with Gasteiger partial charge in [-0.15, -0.1) is 0 Å². The number of benzene rings is 3. The molecule has 1 N–H and O–H groups in total. The van der Waals surface area contributed by atoms with Gasteiger partial charge in [0.25, 0.3) is 0 Å². The van der Waals surface area contributed by atoms with Crippen LogP contribution in [0, 0.1) is 0 Å². The summed E-state index contributed by atoms with van der Waals surface area (Å²) in [6.45, 7) is 2.19. The fourth-order valence-electron chi connectivity index (χ4n) is 2.61. The van der Waals surface area contributed by atoms with E-state index >= 15 is 0 Å². The van der Waals surface area contributed by atoms with Gasteiger partial charge in [0, 0.05) is 11.5 Å². The molecular weight excluding hydrogens is 256 g/mol. The highest BCUT2D eigenvalue weighted by Gasteiger charge is 2.11. The summed E-state index contributed by atoms with van der Waals surface area (Å²) in [7, 11) is 0. The van der Waals surface area contributed by atoms with Gasteiger partial charge in [-0.3, -0.25) is 0 Å². The Kier molecular flexibility index (Phi) is 3.74. The highest BCUT2D eigenvalue weighted by atomic mass is 16.3. The molecule has 0 amide bonds. The van der Waals surface area contributed by atoms with E-state index in [4.69, 9.17) is 0 Å². The molecule has 0 bridgehead atoms. The number of hydrogen-bond donors (Lipinski definition) is 1. The third kappa shape index (κ3) is 2.82. The Hall–Kier alpha value is -2.54. The van der Waals surface area contributed by atoms with E-state index in [2.05, 4.69) is 37.3 Å². The van der Waals surface area contributed by atoms with Gasteiger partial charge in [-0.05, 0) is 28.8 Å². The molecule has 1 nitrogen and oxygen atoms in total. The Labute approximate surface area is 125 Å². The molecule has 1 unspecified atom stereocenters. The highest BCUT2D eigenvalue weighted by Crippen LogP contribution is 2.33. The van der Waals surface area contributed by atoms with E-state index in [1.165, 1.54) is 11.1 Å². The van der Waals surface area contributed by atoms with Gasteiger partial charge in [0.15, 0.2) is 0 Å². The lowest BCUT2D eigenvalue weighted by Gasteiger charge is -2.15. The standard InChI is InChI=1S/C20H18O/c1-15(16-8-4-2-5-9-16)18-12-13-20(21)19(14-18)17-10-6-3-7-11-17/h2-15,21H,1H3. The summed E-state index contributed by atoms with van der Waals surface area (Å²) in [6.07, 6.45) is 0. The number of phenols is 1. The summed E-state index contributed by atoms with van der Waals surface area (Å²) in [5.74, 6) is 0.625. The molecule has 0 fully saturated rings. The minimum Gasteiger partial charge on any atom is -0.507 e. The molecule has 3 aromatic rings. The average Bonchev–Trinajstić information content (AvgIpc) is 2.56. The van der Waals surface area contributed by atoms with Gasteiger partial charge < -0.3 is 5.11 Å². The second-order valence-corrected chi connectivity index (χ2v) is 5.27. The summed E-state index contributed by atoms with van der Waals surface area (Å²) in [4.78, 5) is 0. The second-order valence-electron chi connectivity index (χ2n) is 5.27. The van der Waals surface area contributed by atoms with Crippen LogP contribution in [0.4, 0.5) is 0 Å². The highest BCUT2D eigenvalue weighted by molar-refractivity contribution is 5.71. The average molecular weight is 274 g/mol. The molecular formula is C20H18O. The Morgan fingerprint density at radius 1 is 0.714 bits per heavy atom. The van der Waals surface area contributed by atoms with Crippen molar-refractivity contribution in [3.8, 4) is 16.9 Å². The van der Waals surface area contributed by atoms with Crippen LogP contribution in [0.1, 0.15) is 24.0 Å². The van der Waals surface area contributed by atoms with Crippen molar-refractivity contribution in [1.29, 1.82) is 0 Å². The molecule has 1 atom stereocenters. The van der Waals surface area contributed by atoms with E-state index in [0.29, 0.717) is 11.7 Å². The van der Waals surface area contributed by atoms with Crippen LogP contribution >= 0.6 is 0 Å². The van der Waals surface area contributed by atoms with Crippen LogP contribution in [0.2, 0.25) is 0 Å². The van der Waals surface area contributed by atoms with Crippen LogP contribution in [0.3, 0.4) is 0 Å². The SMILES string of the molecule is CC(c1ccccc1)c1ccc(O)c(-c2ccccc2)c1. The lowest BCUT2D eigenvalue weighted by molar-refractivity contribution is 0.477. The van der Waals surface area contributed by atoms with E-state index in [1.807, 2.05) is 42.5 Å². The normalized spacial score (nSPS) is 12.0. The molecule has 0 spiro atoms. The van der Waals surface area contributed by atoms with E-state index in [-0.39, 0.29) is 0 Å². The maximum atomic E-state index is 10.1. The summed E-state index contributed by atoms with van der Waals surface area (Å²) >= 11 is 0. The molecule has 0 aliphatic rings. The third-order valence-electron chi connectivity index (χ3n) is 3.90. The molecule has 0 aliphatic heterocycles. The van der Waals surface area contributed by atoms with Crippen LogP contribution in [-0.2, 0) is 0 Å². The first-order valence-corrected chi connectivity index (χ1v) is 7.19. The van der Waals surface area contributed by atoms with Crippen LogP contribution in [-0.4, -0.2) is 5.11 Å².